The molecule has 0 aliphatic rings. The van der Waals surface area contributed by atoms with Crippen LogP contribution in [0.25, 0.3) is 0 Å². The molecule has 0 fully saturated rings. The lowest BCUT2D eigenvalue weighted by Gasteiger charge is -2.30. The first-order chi connectivity index (χ1) is 6.84. The van der Waals surface area contributed by atoms with E-state index < -0.39 is 0 Å². The first kappa shape index (κ1) is 12.1. The largest absolute Gasteiger partial charge is 0.271 e. The van der Waals surface area contributed by atoms with Gasteiger partial charge in [-0.3, -0.25) is 11.3 Å². The van der Waals surface area contributed by atoms with Gasteiger partial charge in [-0.2, -0.15) is 0 Å². The second-order valence-corrected chi connectivity index (χ2v) is 5.03. The Morgan fingerprint density at radius 2 is 1.87 bits per heavy atom. The highest BCUT2D eigenvalue weighted by Crippen LogP contribution is 2.32. The van der Waals surface area contributed by atoms with Gasteiger partial charge in [0.15, 0.2) is 0 Å². The van der Waals surface area contributed by atoms with Crippen LogP contribution < -0.4 is 11.3 Å². The average Bonchev–Trinajstić information content (AvgIpc) is 1.99. The number of benzene rings is 1. The van der Waals surface area contributed by atoms with Crippen molar-refractivity contribution >= 4 is 0 Å². The van der Waals surface area contributed by atoms with Crippen molar-refractivity contribution in [2.45, 2.75) is 33.7 Å². The van der Waals surface area contributed by atoms with Gasteiger partial charge in [0.25, 0.3) is 0 Å². The number of hydrogen-bond acceptors (Lipinski definition) is 2. The van der Waals surface area contributed by atoms with Crippen molar-refractivity contribution in [2.24, 2.45) is 11.3 Å². The zero-order valence-corrected chi connectivity index (χ0v) is 9.76. The summed E-state index contributed by atoms with van der Waals surface area (Å²) in [6.07, 6.45) is 0. The van der Waals surface area contributed by atoms with E-state index in [1.54, 1.807) is 0 Å². The Balaban J connectivity index is 3.13. The van der Waals surface area contributed by atoms with E-state index in [0.717, 1.165) is 11.1 Å². The van der Waals surface area contributed by atoms with Crippen molar-refractivity contribution < 1.29 is 4.39 Å². The zero-order valence-electron chi connectivity index (χ0n) is 9.76. The van der Waals surface area contributed by atoms with Crippen LogP contribution in [0.2, 0.25) is 0 Å². The molecule has 1 unspecified atom stereocenters. The lowest BCUT2D eigenvalue weighted by atomic mass is 9.82. The Hall–Kier alpha value is -0.930. The lowest BCUT2D eigenvalue weighted by molar-refractivity contribution is 0.275. The Labute approximate surface area is 90.6 Å². The van der Waals surface area contributed by atoms with Crippen LogP contribution in [-0.4, -0.2) is 0 Å². The second kappa shape index (κ2) is 4.29. The quantitative estimate of drug-likeness (QED) is 0.582. The Bertz CT molecular complexity index is 322. The minimum atomic E-state index is -0.213. The topological polar surface area (TPSA) is 38.0 Å². The molecule has 1 aromatic carbocycles. The Morgan fingerprint density at radius 3 is 2.27 bits per heavy atom. The SMILES string of the molecule is Cc1cc(F)cc(C(NN)C(C)(C)C)c1. The summed E-state index contributed by atoms with van der Waals surface area (Å²) in [5.41, 5.74) is 4.50. The van der Waals surface area contributed by atoms with Gasteiger partial charge in [0.05, 0.1) is 6.04 Å². The summed E-state index contributed by atoms with van der Waals surface area (Å²) in [6, 6.07) is 4.95. The molecule has 0 radical (unpaired) electrons. The summed E-state index contributed by atoms with van der Waals surface area (Å²) in [7, 11) is 0. The van der Waals surface area contributed by atoms with Gasteiger partial charge < -0.3 is 0 Å². The third kappa shape index (κ3) is 3.01. The predicted molar refractivity (Wildman–Crippen MR) is 60.7 cm³/mol. The van der Waals surface area contributed by atoms with E-state index in [4.69, 9.17) is 5.84 Å². The number of rotatable bonds is 2. The summed E-state index contributed by atoms with van der Waals surface area (Å²) in [5.74, 6) is 5.31. The third-order valence-electron chi connectivity index (χ3n) is 2.43. The van der Waals surface area contributed by atoms with Gasteiger partial charge in [-0.1, -0.05) is 26.8 Å². The van der Waals surface area contributed by atoms with Crippen molar-refractivity contribution in [3.8, 4) is 0 Å². The number of nitrogens with one attached hydrogen (secondary N) is 1. The van der Waals surface area contributed by atoms with Gasteiger partial charge in [-0.05, 0) is 35.6 Å². The molecule has 0 heterocycles. The van der Waals surface area contributed by atoms with Crippen molar-refractivity contribution in [1.82, 2.24) is 5.43 Å². The van der Waals surface area contributed by atoms with Gasteiger partial charge in [0, 0.05) is 0 Å². The molecule has 2 nitrogen and oxygen atoms in total. The summed E-state index contributed by atoms with van der Waals surface area (Å²) in [5, 5.41) is 0. The molecule has 0 aliphatic heterocycles. The zero-order chi connectivity index (χ0) is 11.6. The first-order valence-electron chi connectivity index (χ1n) is 5.08. The maximum atomic E-state index is 13.2. The van der Waals surface area contributed by atoms with Gasteiger partial charge in [-0.25, -0.2) is 4.39 Å². The molecule has 84 valence electrons. The molecule has 1 aromatic rings. The fraction of sp³-hybridized carbons (Fsp3) is 0.500. The minimum Gasteiger partial charge on any atom is -0.271 e. The third-order valence-corrected chi connectivity index (χ3v) is 2.43. The van der Waals surface area contributed by atoms with Crippen LogP contribution in [0.15, 0.2) is 18.2 Å². The minimum absolute atomic E-state index is 0.0466. The maximum absolute atomic E-state index is 13.2. The number of nitrogens with two attached hydrogens (primary N) is 1. The molecular weight excluding hydrogens is 191 g/mol. The van der Waals surface area contributed by atoms with Crippen LogP contribution in [0.4, 0.5) is 4.39 Å². The number of hydrazine groups is 1. The van der Waals surface area contributed by atoms with Crippen molar-refractivity contribution in [1.29, 1.82) is 0 Å². The van der Waals surface area contributed by atoms with Gasteiger partial charge in [0.1, 0.15) is 5.82 Å². The van der Waals surface area contributed by atoms with E-state index in [9.17, 15) is 4.39 Å². The number of hydrogen-bond donors (Lipinski definition) is 2. The van der Waals surface area contributed by atoms with E-state index in [0.29, 0.717) is 0 Å². The fourth-order valence-electron chi connectivity index (χ4n) is 1.78. The highest BCUT2D eigenvalue weighted by atomic mass is 19.1. The smallest absolute Gasteiger partial charge is 0.123 e. The van der Waals surface area contributed by atoms with Crippen molar-refractivity contribution in [3.05, 3.63) is 35.1 Å². The molecule has 0 saturated carbocycles. The van der Waals surface area contributed by atoms with E-state index >= 15 is 0 Å². The summed E-state index contributed by atoms with van der Waals surface area (Å²) < 4.78 is 13.2. The molecular formula is C12H19FN2. The summed E-state index contributed by atoms with van der Waals surface area (Å²) in [6.45, 7) is 8.08. The van der Waals surface area contributed by atoms with Gasteiger partial charge in [-0.15, -0.1) is 0 Å². The molecule has 3 heteroatoms. The average molecular weight is 210 g/mol. The van der Waals surface area contributed by atoms with E-state index in [2.05, 4.69) is 26.2 Å². The van der Waals surface area contributed by atoms with Crippen LogP contribution in [0, 0.1) is 18.2 Å². The van der Waals surface area contributed by atoms with E-state index in [-0.39, 0.29) is 17.3 Å². The van der Waals surface area contributed by atoms with Crippen LogP contribution in [0.5, 0.6) is 0 Å². The molecule has 0 bridgehead atoms. The lowest BCUT2D eigenvalue weighted by Crippen LogP contribution is -2.36. The molecule has 15 heavy (non-hydrogen) atoms. The first-order valence-corrected chi connectivity index (χ1v) is 5.08. The molecule has 0 saturated heterocycles. The molecule has 1 atom stereocenters. The van der Waals surface area contributed by atoms with Crippen LogP contribution >= 0.6 is 0 Å². The summed E-state index contributed by atoms with van der Waals surface area (Å²) >= 11 is 0. The van der Waals surface area contributed by atoms with Gasteiger partial charge in [0.2, 0.25) is 0 Å². The highest BCUT2D eigenvalue weighted by molar-refractivity contribution is 5.27. The Kier molecular flexibility index (Phi) is 3.47. The van der Waals surface area contributed by atoms with Crippen molar-refractivity contribution in [2.75, 3.05) is 0 Å². The van der Waals surface area contributed by atoms with Gasteiger partial charge >= 0.3 is 0 Å². The second-order valence-electron chi connectivity index (χ2n) is 5.03. The molecule has 3 N–H and O–H groups in total. The van der Waals surface area contributed by atoms with Crippen LogP contribution in [-0.2, 0) is 0 Å². The number of aryl methyl sites for hydroxylation is 1. The van der Waals surface area contributed by atoms with Crippen LogP contribution in [0.3, 0.4) is 0 Å². The fourth-order valence-corrected chi connectivity index (χ4v) is 1.78. The standard InChI is InChI=1S/C12H19FN2/c1-8-5-9(7-10(13)6-8)11(15-14)12(2,3)4/h5-7,11,15H,14H2,1-4H3. The Morgan fingerprint density at radius 1 is 1.27 bits per heavy atom. The van der Waals surface area contributed by atoms with Crippen LogP contribution in [0.1, 0.15) is 37.9 Å². The molecule has 0 aliphatic carbocycles. The summed E-state index contributed by atoms with van der Waals surface area (Å²) in [4.78, 5) is 0. The maximum Gasteiger partial charge on any atom is 0.123 e. The van der Waals surface area contributed by atoms with E-state index in [1.165, 1.54) is 12.1 Å². The molecule has 0 spiro atoms. The number of halogens is 1. The molecule has 0 amide bonds. The predicted octanol–water partition coefficient (Wildman–Crippen LogP) is 2.68. The molecule has 1 rings (SSSR count). The molecule has 0 aromatic heterocycles. The van der Waals surface area contributed by atoms with Crippen molar-refractivity contribution in [3.63, 3.8) is 0 Å². The normalized spacial score (nSPS) is 14.0. The van der Waals surface area contributed by atoms with E-state index in [1.807, 2.05) is 13.0 Å². The monoisotopic (exact) mass is 210 g/mol. The highest BCUT2D eigenvalue weighted by Gasteiger charge is 2.25.